The number of rotatable bonds is 3. The van der Waals surface area contributed by atoms with Crippen LogP contribution in [0.3, 0.4) is 0 Å². The van der Waals surface area contributed by atoms with Crippen LogP contribution in [0.25, 0.3) is 10.8 Å². The molecule has 2 aromatic carbocycles. The van der Waals surface area contributed by atoms with E-state index in [9.17, 15) is 33.6 Å². The zero-order valence-electron chi connectivity index (χ0n) is 12.8. The number of benzene rings is 2. The van der Waals surface area contributed by atoms with E-state index in [4.69, 9.17) is 0 Å². The van der Waals surface area contributed by atoms with Crippen LogP contribution in [0, 0.1) is 21.7 Å². The van der Waals surface area contributed by atoms with Crippen LogP contribution in [0.5, 0.6) is 0 Å². The van der Waals surface area contributed by atoms with Crippen molar-refractivity contribution in [3.8, 4) is 0 Å². The number of aromatic nitrogens is 1. The van der Waals surface area contributed by atoms with Crippen LogP contribution >= 0.6 is 0 Å². The maximum absolute atomic E-state index is 13.7. The van der Waals surface area contributed by atoms with Crippen molar-refractivity contribution in [1.82, 2.24) is 4.57 Å². The Bertz CT molecular complexity index is 1060. The maximum atomic E-state index is 13.7. The van der Waals surface area contributed by atoms with Gasteiger partial charge in [0.15, 0.2) is 0 Å². The van der Waals surface area contributed by atoms with Gasteiger partial charge in [-0.2, -0.15) is 0 Å². The second-order valence-electron chi connectivity index (χ2n) is 5.21. The third kappa shape index (κ3) is 2.83. The Balaban J connectivity index is 2.16. The first kappa shape index (κ1) is 17.0. The molecule has 0 aliphatic carbocycles. The Kier molecular flexibility index (Phi) is 4.08. The molecule has 132 valence electrons. The highest BCUT2D eigenvalue weighted by Gasteiger charge is 2.24. The van der Waals surface area contributed by atoms with Crippen LogP contribution in [-0.4, -0.2) is 26.6 Å². The molecule has 1 amide bonds. The molecule has 0 aliphatic rings. The molecule has 2 N–H and O–H groups in total. The highest BCUT2D eigenvalue weighted by atomic mass is 19.1. The van der Waals surface area contributed by atoms with E-state index in [1.165, 1.54) is 6.07 Å². The molecule has 0 radical (unpaired) electrons. The fourth-order valence-electron chi connectivity index (χ4n) is 2.48. The van der Waals surface area contributed by atoms with Crippen LogP contribution in [0.15, 0.2) is 42.6 Å². The summed E-state index contributed by atoms with van der Waals surface area (Å²) in [6.07, 6.45) is -0.461. The topological polar surface area (TPSA) is 114 Å². The minimum absolute atomic E-state index is 0.0455. The summed E-state index contributed by atoms with van der Waals surface area (Å²) in [6.45, 7) is 0. The SMILES string of the molecule is O=C(Nc1c(F)cccc1F)c1c2cc([N+](=O)[O-])ccc2cn1C(=O)O. The number of hydrogen-bond donors (Lipinski definition) is 2. The monoisotopic (exact) mass is 361 g/mol. The predicted molar refractivity (Wildman–Crippen MR) is 86.3 cm³/mol. The lowest BCUT2D eigenvalue weighted by Gasteiger charge is -2.09. The van der Waals surface area contributed by atoms with Gasteiger partial charge in [0.1, 0.15) is 23.0 Å². The second-order valence-corrected chi connectivity index (χ2v) is 5.21. The Morgan fingerprint density at radius 1 is 1.15 bits per heavy atom. The van der Waals surface area contributed by atoms with E-state index in [1.807, 2.05) is 5.32 Å². The molecule has 0 saturated carbocycles. The molecule has 0 unspecified atom stereocenters. The van der Waals surface area contributed by atoms with Gasteiger partial charge in [0.25, 0.3) is 11.6 Å². The Morgan fingerprint density at radius 3 is 2.38 bits per heavy atom. The standard InChI is InChI=1S/C16H9F2N3O5/c17-11-2-1-3-12(18)13(11)19-15(22)14-10-6-9(21(25)26)5-4-8(10)7-20(14)16(23)24/h1-7H,(H,19,22)(H,23,24). The van der Waals surface area contributed by atoms with E-state index in [2.05, 4.69) is 0 Å². The van der Waals surface area contributed by atoms with Gasteiger partial charge in [-0.05, 0) is 18.2 Å². The minimum Gasteiger partial charge on any atom is -0.464 e. The molecule has 0 saturated heterocycles. The van der Waals surface area contributed by atoms with Crippen LogP contribution in [0.4, 0.5) is 25.0 Å². The van der Waals surface area contributed by atoms with E-state index in [0.717, 1.165) is 36.5 Å². The van der Waals surface area contributed by atoms with Crippen molar-refractivity contribution in [1.29, 1.82) is 0 Å². The van der Waals surface area contributed by atoms with Crippen molar-refractivity contribution in [2.75, 3.05) is 5.32 Å². The van der Waals surface area contributed by atoms with Gasteiger partial charge in [-0.15, -0.1) is 0 Å². The first-order chi connectivity index (χ1) is 12.3. The third-order valence-electron chi connectivity index (χ3n) is 3.63. The first-order valence-corrected chi connectivity index (χ1v) is 7.07. The molecule has 0 spiro atoms. The van der Waals surface area contributed by atoms with Gasteiger partial charge >= 0.3 is 6.09 Å². The number of carbonyl (C=O) groups is 2. The molecule has 0 fully saturated rings. The largest absolute Gasteiger partial charge is 0.464 e. The fraction of sp³-hybridized carbons (Fsp3) is 0. The summed E-state index contributed by atoms with van der Waals surface area (Å²) in [5.41, 5.74) is -1.63. The van der Waals surface area contributed by atoms with Crippen LogP contribution in [0.1, 0.15) is 10.5 Å². The maximum Gasteiger partial charge on any atom is 0.416 e. The number of nitrogens with zero attached hydrogens (tertiary/aromatic N) is 2. The number of anilines is 1. The molecule has 1 aromatic heterocycles. The number of para-hydroxylation sites is 1. The summed E-state index contributed by atoms with van der Waals surface area (Å²) in [5.74, 6) is -3.24. The Labute approximate surface area is 143 Å². The molecule has 1 heterocycles. The second kappa shape index (κ2) is 6.24. The number of halogens is 2. The van der Waals surface area contributed by atoms with E-state index in [0.29, 0.717) is 4.57 Å². The summed E-state index contributed by atoms with van der Waals surface area (Å²) in [7, 11) is 0. The average molecular weight is 361 g/mol. The highest BCUT2D eigenvalue weighted by molar-refractivity contribution is 6.14. The van der Waals surface area contributed by atoms with Crippen molar-refractivity contribution in [2.45, 2.75) is 0 Å². The molecule has 3 rings (SSSR count). The number of hydrogen-bond acceptors (Lipinski definition) is 4. The van der Waals surface area contributed by atoms with Crippen molar-refractivity contribution < 1.29 is 28.4 Å². The number of nitro groups is 1. The quantitative estimate of drug-likeness (QED) is 0.546. The van der Waals surface area contributed by atoms with Crippen LogP contribution < -0.4 is 5.32 Å². The van der Waals surface area contributed by atoms with Crippen molar-refractivity contribution in [3.05, 3.63) is 70.0 Å². The molecule has 0 aliphatic heterocycles. The average Bonchev–Trinajstić information content (AvgIpc) is 2.97. The number of carbonyl (C=O) groups excluding carboxylic acids is 1. The van der Waals surface area contributed by atoms with E-state index < -0.39 is 39.9 Å². The number of fused-ring (bicyclic) bond motifs is 1. The summed E-state index contributed by atoms with van der Waals surface area (Å²) >= 11 is 0. The zero-order valence-corrected chi connectivity index (χ0v) is 12.8. The van der Waals surface area contributed by atoms with Crippen molar-refractivity contribution in [3.63, 3.8) is 0 Å². The lowest BCUT2D eigenvalue weighted by Crippen LogP contribution is -2.21. The molecule has 10 heteroatoms. The molecule has 3 aromatic rings. The van der Waals surface area contributed by atoms with E-state index in [1.54, 1.807) is 0 Å². The number of nitro benzene ring substituents is 1. The predicted octanol–water partition coefficient (Wildman–Crippen LogP) is 3.61. The number of nitrogens with one attached hydrogen (secondary N) is 1. The Morgan fingerprint density at radius 2 is 1.81 bits per heavy atom. The van der Waals surface area contributed by atoms with E-state index in [-0.39, 0.29) is 16.5 Å². The summed E-state index contributed by atoms with van der Waals surface area (Å²) in [5, 5.41) is 22.4. The molecule has 8 nitrogen and oxygen atoms in total. The van der Waals surface area contributed by atoms with Gasteiger partial charge in [-0.1, -0.05) is 6.07 Å². The normalized spacial score (nSPS) is 10.7. The number of amides is 1. The Hall–Kier alpha value is -3.82. The number of carboxylic acid groups (broad SMARTS) is 1. The molecule has 0 atom stereocenters. The van der Waals surface area contributed by atoms with Gasteiger partial charge < -0.3 is 10.4 Å². The zero-order chi connectivity index (χ0) is 19.0. The van der Waals surface area contributed by atoms with Crippen molar-refractivity contribution >= 4 is 34.1 Å². The molecular weight excluding hydrogens is 352 g/mol. The minimum atomic E-state index is -1.54. The first-order valence-electron chi connectivity index (χ1n) is 7.07. The molecular formula is C16H9F2N3O5. The van der Waals surface area contributed by atoms with Crippen molar-refractivity contribution in [2.24, 2.45) is 0 Å². The van der Waals surface area contributed by atoms with E-state index >= 15 is 0 Å². The van der Waals surface area contributed by atoms with Gasteiger partial charge in [0, 0.05) is 29.1 Å². The van der Waals surface area contributed by atoms with Gasteiger partial charge in [0.05, 0.1) is 4.92 Å². The van der Waals surface area contributed by atoms with Gasteiger partial charge in [-0.3, -0.25) is 14.9 Å². The molecule has 0 bridgehead atoms. The lowest BCUT2D eigenvalue weighted by atomic mass is 10.1. The summed E-state index contributed by atoms with van der Waals surface area (Å²) in [6, 6.07) is 6.36. The summed E-state index contributed by atoms with van der Waals surface area (Å²) in [4.78, 5) is 34.1. The molecule has 26 heavy (non-hydrogen) atoms. The lowest BCUT2D eigenvalue weighted by molar-refractivity contribution is -0.384. The smallest absolute Gasteiger partial charge is 0.416 e. The van der Waals surface area contributed by atoms with Crippen LogP contribution in [-0.2, 0) is 0 Å². The van der Waals surface area contributed by atoms with Crippen LogP contribution in [0.2, 0.25) is 0 Å². The fourth-order valence-corrected chi connectivity index (χ4v) is 2.48. The third-order valence-corrected chi connectivity index (χ3v) is 3.63. The highest BCUT2D eigenvalue weighted by Crippen LogP contribution is 2.27. The van der Waals surface area contributed by atoms with Gasteiger partial charge in [0.2, 0.25) is 0 Å². The summed E-state index contributed by atoms with van der Waals surface area (Å²) < 4.78 is 28.0. The van der Waals surface area contributed by atoms with Gasteiger partial charge in [-0.25, -0.2) is 18.1 Å². The number of non-ortho nitro benzene ring substituents is 1.